The number of rotatable bonds is 8. The van der Waals surface area contributed by atoms with Crippen LogP contribution in [0.25, 0.3) is 0 Å². The maximum absolute atomic E-state index is 11.8. The predicted octanol–water partition coefficient (Wildman–Crippen LogP) is 2.80. The topological polar surface area (TPSA) is 49.3 Å². The Kier molecular flexibility index (Phi) is 7.70. The molecule has 1 aromatic carbocycles. The van der Waals surface area contributed by atoms with Crippen molar-refractivity contribution in [3.8, 4) is 0 Å². The number of aliphatic hydroxyl groups is 1. The zero-order chi connectivity index (χ0) is 15.0. The zero-order valence-electron chi connectivity index (χ0n) is 12.5. The van der Waals surface area contributed by atoms with Crippen molar-refractivity contribution in [2.24, 2.45) is 0 Å². The summed E-state index contributed by atoms with van der Waals surface area (Å²) in [6.45, 7) is 4.41. The number of aliphatic hydroxyl groups excluding tert-OH is 1. The van der Waals surface area contributed by atoms with Gasteiger partial charge in [0.2, 0.25) is 5.91 Å². The normalized spacial score (nSPS) is 15.4. The van der Waals surface area contributed by atoms with E-state index in [0.29, 0.717) is 24.6 Å². The zero-order valence-corrected chi connectivity index (χ0v) is 13.3. The molecule has 0 aromatic heterocycles. The summed E-state index contributed by atoms with van der Waals surface area (Å²) in [5.74, 6) is 0.239. The summed E-state index contributed by atoms with van der Waals surface area (Å²) >= 11 is 1.69. The first-order valence-corrected chi connectivity index (χ1v) is 8.34. The first-order valence-electron chi connectivity index (χ1n) is 7.05. The van der Waals surface area contributed by atoms with Crippen LogP contribution in [0.4, 0.5) is 0 Å². The number of carbonyl (C=O) groups is 1. The van der Waals surface area contributed by atoms with Gasteiger partial charge in [-0.3, -0.25) is 4.79 Å². The van der Waals surface area contributed by atoms with Crippen LogP contribution in [0.1, 0.15) is 38.2 Å². The van der Waals surface area contributed by atoms with Gasteiger partial charge in [0.25, 0.3) is 0 Å². The Bertz CT molecular complexity index is 395. The fourth-order valence-corrected chi connectivity index (χ4v) is 2.45. The molecule has 0 radical (unpaired) electrons. The minimum absolute atomic E-state index is 0.0818. The van der Waals surface area contributed by atoms with E-state index in [2.05, 4.69) is 12.2 Å². The molecule has 0 bridgehead atoms. The minimum atomic E-state index is -0.373. The first kappa shape index (κ1) is 17.1. The van der Waals surface area contributed by atoms with Crippen LogP contribution in [-0.4, -0.2) is 35.2 Å². The highest BCUT2D eigenvalue weighted by molar-refractivity contribution is 7.99. The van der Waals surface area contributed by atoms with Crippen LogP contribution in [0.2, 0.25) is 0 Å². The molecule has 1 amide bonds. The van der Waals surface area contributed by atoms with Crippen LogP contribution in [0.15, 0.2) is 30.3 Å². The largest absolute Gasteiger partial charge is 0.393 e. The molecule has 2 N–H and O–H groups in total. The highest BCUT2D eigenvalue weighted by atomic mass is 32.2. The van der Waals surface area contributed by atoms with Gasteiger partial charge >= 0.3 is 0 Å². The van der Waals surface area contributed by atoms with Crippen molar-refractivity contribution in [1.82, 2.24) is 5.32 Å². The molecule has 0 heterocycles. The van der Waals surface area contributed by atoms with Gasteiger partial charge in [-0.15, -0.1) is 0 Å². The summed E-state index contributed by atoms with van der Waals surface area (Å²) in [4.78, 5) is 11.8. The Morgan fingerprint density at radius 2 is 1.95 bits per heavy atom. The second kappa shape index (κ2) is 9.03. The molecule has 112 valence electrons. The van der Waals surface area contributed by atoms with E-state index in [0.717, 1.165) is 5.56 Å². The number of amides is 1. The summed E-state index contributed by atoms with van der Waals surface area (Å²) < 4.78 is 0. The summed E-state index contributed by atoms with van der Waals surface area (Å²) in [5, 5.41) is 12.9. The number of nitrogens with one attached hydrogen (secondary N) is 1. The molecular formula is C16H25NO2S. The van der Waals surface area contributed by atoms with E-state index in [-0.39, 0.29) is 17.9 Å². The smallest absolute Gasteiger partial charge is 0.221 e. The summed E-state index contributed by atoms with van der Waals surface area (Å²) in [6.07, 6.45) is 2.83. The predicted molar refractivity (Wildman–Crippen MR) is 86.1 cm³/mol. The average molecular weight is 295 g/mol. The molecule has 4 heteroatoms. The lowest BCUT2D eigenvalue weighted by Gasteiger charge is -2.20. The van der Waals surface area contributed by atoms with Gasteiger partial charge in [0.15, 0.2) is 0 Å². The molecular weight excluding hydrogens is 270 g/mol. The molecule has 0 saturated heterocycles. The van der Waals surface area contributed by atoms with Gasteiger partial charge in [-0.2, -0.15) is 11.8 Å². The van der Waals surface area contributed by atoms with Gasteiger partial charge in [0.05, 0.1) is 6.10 Å². The molecule has 0 spiro atoms. The summed E-state index contributed by atoms with van der Waals surface area (Å²) in [5.41, 5.74) is 1.16. The highest BCUT2D eigenvalue weighted by Gasteiger charge is 2.16. The van der Waals surface area contributed by atoms with E-state index in [1.807, 2.05) is 36.6 Å². The van der Waals surface area contributed by atoms with E-state index in [4.69, 9.17) is 0 Å². The summed E-state index contributed by atoms with van der Waals surface area (Å²) in [7, 11) is 0. The third-order valence-electron chi connectivity index (χ3n) is 3.32. The van der Waals surface area contributed by atoms with Crippen LogP contribution < -0.4 is 5.32 Å². The fraction of sp³-hybridized carbons (Fsp3) is 0.562. The fourth-order valence-electron chi connectivity index (χ4n) is 2.13. The molecule has 0 aliphatic heterocycles. The monoisotopic (exact) mass is 295 g/mol. The van der Waals surface area contributed by atoms with Gasteiger partial charge in [-0.05, 0) is 25.2 Å². The molecule has 0 fully saturated rings. The van der Waals surface area contributed by atoms with Gasteiger partial charge in [0, 0.05) is 24.1 Å². The molecule has 0 saturated carbocycles. The third-order valence-corrected chi connectivity index (χ3v) is 4.29. The van der Waals surface area contributed by atoms with Crippen molar-refractivity contribution in [2.75, 3.05) is 12.8 Å². The quantitative estimate of drug-likeness (QED) is 0.775. The van der Waals surface area contributed by atoms with Crippen LogP contribution in [0, 0.1) is 0 Å². The Balaban J connectivity index is 2.56. The maximum Gasteiger partial charge on any atom is 0.221 e. The van der Waals surface area contributed by atoms with Gasteiger partial charge in [0.1, 0.15) is 0 Å². The SMILES string of the molecule is CSC(C)CC(=O)NCC(CC(C)O)c1ccccc1. The number of benzene rings is 1. The van der Waals surface area contributed by atoms with Gasteiger partial charge in [-0.25, -0.2) is 0 Å². The van der Waals surface area contributed by atoms with E-state index in [9.17, 15) is 9.90 Å². The molecule has 3 atom stereocenters. The van der Waals surface area contributed by atoms with Crippen molar-refractivity contribution in [1.29, 1.82) is 0 Å². The van der Waals surface area contributed by atoms with E-state index in [1.54, 1.807) is 18.7 Å². The lowest BCUT2D eigenvalue weighted by Crippen LogP contribution is -2.31. The van der Waals surface area contributed by atoms with Gasteiger partial charge in [-0.1, -0.05) is 37.3 Å². The second-order valence-corrected chi connectivity index (χ2v) is 6.52. The van der Waals surface area contributed by atoms with Crippen molar-refractivity contribution in [3.63, 3.8) is 0 Å². The standard InChI is InChI=1S/C16H25NO2S/c1-12(18)9-15(14-7-5-4-6-8-14)11-17-16(19)10-13(2)20-3/h4-8,12-13,15,18H,9-11H2,1-3H3,(H,17,19). The van der Waals surface area contributed by atoms with Crippen molar-refractivity contribution in [2.45, 2.75) is 44.0 Å². The molecule has 3 nitrogen and oxygen atoms in total. The molecule has 1 aromatic rings. The number of hydrogen-bond acceptors (Lipinski definition) is 3. The van der Waals surface area contributed by atoms with Crippen molar-refractivity contribution < 1.29 is 9.90 Å². The molecule has 1 rings (SSSR count). The van der Waals surface area contributed by atoms with Crippen LogP contribution in [0.3, 0.4) is 0 Å². The third kappa shape index (κ3) is 6.44. The lowest BCUT2D eigenvalue weighted by atomic mass is 9.93. The van der Waals surface area contributed by atoms with E-state index in [1.165, 1.54) is 0 Å². The molecule has 20 heavy (non-hydrogen) atoms. The van der Waals surface area contributed by atoms with Crippen LogP contribution in [0.5, 0.6) is 0 Å². The number of thioether (sulfide) groups is 1. The van der Waals surface area contributed by atoms with Crippen LogP contribution in [-0.2, 0) is 4.79 Å². The van der Waals surface area contributed by atoms with E-state index >= 15 is 0 Å². The lowest BCUT2D eigenvalue weighted by molar-refractivity contribution is -0.121. The minimum Gasteiger partial charge on any atom is -0.393 e. The molecule has 3 unspecified atom stereocenters. The maximum atomic E-state index is 11.8. The van der Waals surface area contributed by atoms with Gasteiger partial charge < -0.3 is 10.4 Å². The molecule has 0 aliphatic carbocycles. The highest BCUT2D eigenvalue weighted by Crippen LogP contribution is 2.20. The Morgan fingerprint density at radius 1 is 1.30 bits per heavy atom. The van der Waals surface area contributed by atoms with E-state index < -0.39 is 0 Å². The Hall–Kier alpha value is -1.00. The second-order valence-electron chi connectivity index (χ2n) is 5.25. The van der Waals surface area contributed by atoms with Crippen LogP contribution >= 0.6 is 11.8 Å². The number of carbonyl (C=O) groups excluding carboxylic acids is 1. The molecule has 0 aliphatic rings. The average Bonchev–Trinajstić information content (AvgIpc) is 2.43. The Morgan fingerprint density at radius 3 is 2.50 bits per heavy atom. The first-order chi connectivity index (χ1) is 9.52. The Labute approximate surface area is 126 Å². The summed E-state index contributed by atoms with van der Waals surface area (Å²) in [6, 6.07) is 10.0. The van der Waals surface area contributed by atoms with Crippen molar-refractivity contribution >= 4 is 17.7 Å². The van der Waals surface area contributed by atoms with Crippen molar-refractivity contribution in [3.05, 3.63) is 35.9 Å². The number of hydrogen-bond donors (Lipinski definition) is 2.